The fourth-order valence-electron chi connectivity index (χ4n) is 4.87. The largest absolute Gasteiger partial charge is 0.497 e. The van der Waals surface area contributed by atoms with Gasteiger partial charge in [-0.15, -0.1) is 0 Å². The number of carbonyl (C=O) groups is 1. The van der Waals surface area contributed by atoms with Gasteiger partial charge in [-0.25, -0.2) is 12.7 Å². The predicted molar refractivity (Wildman–Crippen MR) is 107 cm³/mol. The van der Waals surface area contributed by atoms with Crippen molar-refractivity contribution in [2.24, 2.45) is 11.3 Å². The summed E-state index contributed by atoms with van der Waals surface area (Å²) in [5, 5.41) is 2.85. The van der Waals surface area contributed by atoms with E-state index in [-0.39, 0.29) is 22.5 Å². The van der Waals surface area contributed by atoms with Crippen LogP contribution in [0.4, 0.5) is 0 Å². The minimum atomic E-state index is -3.24. The number of hydrogen-bond acceptors (Lipinski definition) is 4. The first kappa shape index (κ1) is 19.7. The van der Waals surface area contributed by atoms with E-state index < -0.39 is 10.0 Å². The third-order valence-corrected chi connectivity index (χ3v) is 9.03. The molecule has 3 aliphatic rings. The molecule has 4 rings (SSSR count). The number of carbonyl (C=O) groups excluding carboxylic acids is 1. The number of amides is 1. The number of nitrogens with zero attached hydrogens (tertiary/aromatic N) is 1. The van der Waals surface area contributed by atoms with E-state index in [1.807, 2.05) is 24.3 Å². The van der Waals surface area contributed by atoms with Crippen LogP contribution < -0.4 is 10.1 Å². The zero-order valence-electron chi connectivity index (χ0n) is 16.5. The molecule has 28 heavy (non-hydrogen) atoms. The van der Waals surface area contributed by atoms with Gasteiger partial charge in [0.25, 0.3) is 0 Å². The number of methoxy groups -OCH3 is 1. The monoisotopic (exact) mass is 406 g/mol. The minimum absolute atomic E-state index is 0.00813. The molecule has 1 spiro atoms. The molecule has 1 saturated heterocycles. The first-order valence-electron chi connectivity index (χ1n) is 10.3. The predicted octanol–water partition coefficient (Wildman–Crippen LogP) is 2.69. The molecule has 1 atom stereocenters. The molecule has 7 heteroatoms. The van der Waals surface area contributed by atoms with Crippen molar-refractivity contribution < 1.29 is 17.9 Å². The summed E-state index contributed by atoms with van der Waals surface area (Å²) in [4.78, 5) is 13.1. The van der Waals surface area contributed by atoms with Crippen molar-refractivity contribution in [1.29, 1.82) is 0 Å². The number of benzene rings is 1. The first-order chi connectivity index (χ1) is 13.4. The van der Waals surface area contributed by atoms with Gasteiger partial charge in [0.1, 0.15) is 5.75 Å². The summed E-state index contributed by atoms with van der Waals surface area (Å²) in [7, 11) is -1.62. The third kappa shape index (κ3) is 3.79. The Morgan fingerprint density at radius 1 is 1.18 bits per heavy atom. The van der Waals surface area contributed by atoms with Gasteiger partial charge in [-0.1, -0.05) is 31.4 Å². The Balaban J connectivity index is 1.47. The van der Waals surface area contributed by atoms with Gasteiger partial charge in [0.15, 0.2) is 0 Å². The quantitative estimate of drug-likeness (QED) is 0.788. The standard InChI is InChI=1S/C21H30N2O4S/c1-27-17-7-5-16(6-8-17)13-22-20(24)19-14-23(28(25,26)18-9-10-18)15-21(19)11-3-2-4-12-21/h5-8,18-19H,2-4,9-15H2,1H3,(H,22,24)/t19-/m0/s1. The van der Waals surface area contributed by atoms with E-state index in [0.717, 1.165) is 49.8 Å². The maximum absolute atomic E-state index is 13.1. The second-order valence-electron chi connectivity index (χ2n) is 8.58. The van der Waals surface area contributed by atoms with Gasteiger partial charge in [-0.3, -0.25) is 4.79 Å². The zero-order chi connectivity index (χ0) is 19.8. The molecular weight excluding hydrogens is 376 g/mol. The fourth-order valence-corrected chi connectivity index (χ4v) is 6.82. The number of hydrogen-bond donors (Lipinski definition) is 1. The molecule has 3 fully saturated rings. The van der Waals surface area contributed by atoms with Crippen molar-refractivity contribution in [3.8, 4) is 5.75 Å². The van der Waals surface area contributed by atoms with Crippen LogP contribution in [0, 0.1) is 11.3 Å². The van der Waals surface area contributed by atoms with Crippen LogP contribution in [0.1, 0.15) is 50.5 Å². The van der Waals surface area contributed by atoms with Gasteiger partial charge >= 0.3 is 0 Å². The molecule has 154 valence electrons. The summed E-state index contributed by atoms with van der Waals surface area (Å²) in [6.45, 7) is 1.31. The van der Waals surface area contributed by atoms with Crippen LogP contribution in [-0.2, 0) is 21.4 Å². The lowest BCUT2D eigenvalue weighted by Gasteiger charge is -2.37. The Morgan fingerprint density at radius 3 is 2.46 bits per heavy atom. The van der Waals surface area contributed by atoms with E-state index in [1.165, 1.54) is 6.42 Å². The van der Waals surface area contributed by atoms with Crippen molar-refractivity contribution in [1.82, 2.24) is 9.62 Å². The molecule has 1 heterocycles. The van der Waals surface area contributed by atoms with Crippen molar-refractivity contribution in [2.45, 2.75) is 56.7 Å². The molecule has 0 radical (unpaired) electrons. The fraction of sp³-hybridized carbons (Fsp3) is 0.667. The molecule has 0 unspecified atom stereocenters. The number of rotatable bonds is 6. The van der Waals surface area contributed by atoms with Crippen LogP contribution in [0.15, 0.2) is 24.3 Å². The summed E-state index contributed by atoms with van der Waals surface area (Å²) in [5.74, 6) is 0.527. The van der Waals surface area contributed by atoms with Gasteiger partial charge < -0.3 is 10.1 Å². The Kier molecular flexibility index (Phi) is 5.40. The van der Waals surface area contributed by atoms with Crippen LogP contribution >= 0.6 is 0 Å². The molecule has 1 aromatic carbocycles. The van der Waals surface area contributed by atoms with Crippen LogP contribution in [0.2, 0.25) is 0 Å². The highest BCUT2D eigenvalue weighted by Gasteiger charge is 2.54. The van der Waals surface area contributed by atoms with Crippen molar-refractivity contribution >= 4 is 15.9 Å². The highest BCUT2D eigenvalue weighted by molar-refractivity contribution is 7.90. The highest BCUT2D eigenvalue weighted by Crippen LogP contribution is 2.49. The normalized spacial score (nSPS) is 25.0. The van der Waals surface area contributed by atoms with Crippen LogP contribution in [0.5, 0.6) is 5.75 Å². The van der Waals surface area contributed by atoms with Crippen molar-refractivity contribution in [3.63, 3.8) is 0 Å². The van der Waals surface area contributed by atoms with E-state index >= 15 is 0 Å². The molecule has 2 saturated carbocycles. The Labute approximate surface area is 167 Å². The molecule has 2 aliphatic carbocycles. The Bertz CT molecular complexity index is 811. The van der Waals surface area contributed by atoms with Gasteiger partial charge in [0, 0.05) is 19.6 Å². The zero-order valence-corrected chi connectivity index (χ0v) is 17.3. The van der Waals surface area contributed by atoms with Gasteiger partial charge in [0.2, 0.25) is 15.9 Å². The highest BCUT2D eigenvalue weighted by atomic mass is 32.2. The minimum Gasteiger partial charge on any atom is -0.497 e. The maximum atomic E-state index is 13.1. The van der Waals surface area contributed by atoms with E-state index in [0.29, 0.717) is 19.6 Å². The number of ether oxygens (including phenoxy) is 1. The molecule has 1 N–H and O–H groups in total. The summed E-state index contributed by atoms with van der Waals surface area (Å²) >= 11 is 0. The molecule has 1 aromatic rings. The number of sulfonamides is 1. The lowest BCUT2D eigenvalue weighted by Crippen LogP contribution is -2.42. The molecule has 1 amide bonds. The second-order valence-corrected chi connectivity index (χ2v) is 10.8. The average Bonchev–Trinajstić information content (AvgIpc) is 3.51. The average molecular weight is 407 g/mol. The molecule has 6 nitrogen and oxygen atoms in total. The van der Waals surface area contributed by atoms with Crippen LogP contribution in [0.25, 0.3) is 0 Å². The van der Waals surface area contributed by atoms with E-state index in [1.54, 1.807) is 11.4 Å². The summed E-state index contributed by atoms with van der Waals surface area (Å²) in [5.41, 5.74) is 0.816. The van der Waals surface area contributed by atoms with Crippen molar-refractivity contribution in [3.05, 3.63) is 29.8 Å². The smallest absolute Gasteiger partial charge is 0.225 e. The number of nitrogens with one attached hydrogen (secondary N) is 1. The Morgan fingerprint density at radius 2 is 1.86 bits per heavy atom. The molecule has 0 aromatic heterocycles. The van der Waals surface area contributed by atoms with E-state index in [2.05, 4.69) is 5.32 Å². The van der Waals surface area contributed by atoms with Gasteiger partial charge in [-0.05, 0) is 48.8 Å². The van der Waals surface area contributed by atoms with Gasteiger partial charge in [0.05, 0.1) is 18.3 Å². The maximum Gasteiger partial charge on any atom is 0.225 e. The lowest BCUT2D eigenvalue weighted by atomic mass is 9.67. The third-order valence-electron chi connectivity index (χ3n) is 6.71. The van der Waals surface area contributed by atoms with Crippen LogP contribution in [-0.4, -0.2) is 44.1 Å². The first-order valence-corrected chi connectivity index (χ1v) is 11.8. The topological polar surface area (TPSA) is 75.7 Å². The van der Waals surface area contributed by atoms with E-state index in [9.17, 15) is 13.2 Å². The summed E-state index contributed by atoms with van der Waals surface area (Å²) in [6.07, 6.45) is 6.77. The molecule has 0 bridgehead atoms. The Hall–Kier alpha value is -1.60. The molecular formula is C21H30N2O4S. The van der Waals surface area contributed by atoms with Crippen molar-refractivity contribution in [2.75, 3.05) is 20.2 Å². The van der Waals surface area contributed by atoms with Crippen LogP contribution in [0.3, 0.4) is 0 Å². The second kappa shape index (κ2) is 7.67. The van der Waals surface area contributed by atoms with E-state index in [4.69, 9.17) is 4.74 Å². The lowest BCUT2D eigenvalue weighted by molar-refractivity contribution is -0.128. The van der Waals surface area contributed by atoms with Gasteiger partial charge in [-0.2, -0.15) is 0 Å². The summed E-state index contributed by atoms with van der Waals surface area (Å²) in [6, 6.07) is 7.63. The summed E-state index contributed by atoms with van der Waals surface area (Å²) < 4.78 is 32.4. The SMILES string of the molecule is COc1ccc(CNC(=O)[C@@H]2CN(S(=O)(=O)C3CC3)CC23CCCCC3)cc1. The molecule has 1 aliphatic heterocycles.